The molecule has 0 spiro atoms. The van der Waals surface area contributed by atoms with Crippen molar-refractivity contribution in [3.05, 3.63) is 35.9 Å². The molecule has 2 rings (SSSR count). The SMILES string of the molecule is Cc1ccccc1-c1cc(NC(=O)CNC(=O)CN)n(C)n1.Cl. The van der Waals surface area contributed by atoms with E-state index in [0.29, 0.717) is 5.82 Å². The van der Waals surface area contributed by atoms with Gasteiger partial charge in [-0.05, 0) is 12.5 Å². The van der Waals surface area contributed by atoms with Crippen molar-refractivity contribution >= 4 is 30.0 Å². The zero-order valence-electron chi connectivity index (χ0n) is 13.0. The minimum atomic E-state index is -0.374. The van der Waals surface area contributed by atoms with Crippen LogP contribution in [0.4, 0.5) is 5.82 Å². The number of rotatable bonds is 5. The van der Waals surface area contributed by atoms with Gasteiger partial charge in [-0.15, -0.1) is 12.4 Å². The minimum absolute atomic E-state index is 0. The van der Waals surface area contributed by atoms with E-state index in [4.69, 9.17) is 5.73 Å². The van der Waals surface area contributed by atoms with Gasteiger partial charge < -0.3 is 16.4 Å². The molecule has 0 atom stereocenters. The maximum Gasteiger partial charge on any atom is 0.244 e. The van der Waals surface area contributed by atoms with E-state index < -0.39 is 0 Å². The van der Waals surface area contributed by atoms with Crippen LogP contribution in [0.25, 0.3) is 11.3 Å². The summed E-state index contributed by atoms with van der Waals surface area (Å²) in [5.41, 5.74) is 8.05. The third-order valence-corrected chi connectivity index (χ3v) is 3.20. The number of nitrogens with two attached hydrogens (primary N) is 1. The van der Waals surface area contributed by atoms with Crippen LogP contribution >= 0.6 is 12.4 Å². The molecule has 8 heteroatoms. The third kappa shape index (κ3) is 4.80. The molecule has 0 aliphatic heterocycles. The van der Waals surface area contributed by atoms with Crippen LogP contribution in [0.15, 0.2) is 30.3 Å². The van der Waals surface area contributed by atoms with E-state index in [-0.39, 0.29) is 37.3 Å². The molecule has 1 aromatic carbocycles. The molecule has 1 heterocycles. The molecule has 0 unspecified atom stereocenters. The van der Waals surface area contributed by atoms with Crippen LogP contribution in [0, 0.1) is 6.92 Å². The van der Waals surface area contributed by atoms with Gasteiger partial charge in [0.2, 0.25) is 11.8 Å². The number of aryl methyl sites for hydroxylation is 2. The largest absolute Gasteiger partial charge is 0.346 e. The van der Waals surface area contributed by atoms with Crippen molar-refractivity contribution in [2.45, 2.75) is 6.92 Å². The molecule has 0 aliphatic rings. The summed E-state index contributed by atoms with van der Waals surface area (Å²) in [6.07, 6.45) is 0. The van der Waals surface area contributed by atoms with Crippen LogP contribution in [0.3, 0.4) is 0 Å². The summed E-state index contributed by atoms with van der Waals surface area (Å²) < 4.78 is 1.59. The van der Waals surface area contributed by atoms with Crippen molar-refractivity contribution in [2.75, 3.05) is 18.4 Å². The molecule has 4 N–H and O–H groups in total. The zero-order chi connectivity index (χ0) is 16.1. The van der Waals surface area contributed by atoms with E-state index >= 15 is 0 Å². The summed E-state index contributed by atoms with van der Waals surface area (Å²) >= 11 is 0. The number of hydrogen-bond acceptors (Lipinski definition) is 4. The first kappa shape index (κ1) is 18.7. The van der Waals surface area contributed by atoms with E-state index in [9.17, 15) is 9.59 Å². The summed E-state index contributed by atoms with van der Waals surface area (Å²) in [6, 6.07) is 9.68. The van der Waals surface area contributed by atoms with Crippen molar-refractivity contribution in [3.8, 4) is 11.3 Å². The van der Waals surface area contributed by atoms with Gasteiger partial charge in [-0.3, -0.25) is 14.3 Å². The Morgan fingerprint density at radius 1 is 1.26 bits per heavy atom. The number of nitrogens with zero attached hydrogens (tertiary/aromatic N) is 2. The fourth-order valence-corrected chi connectivity index (χ4v) is 2.01. The van der Waals surface area contributed by atoms with Gasteiger partial charge in [0.25, 0.3) is 0 Å². The van der Waals surface area contributed by atoms with Crippen LogP contribution in [-0.4, -0.2) is 34.7 Å². The lowest BCUT2D eigenvalue weighted by Crippen LogP contribution is -2.36. The van der Waals surface area contributed by atoms with E-state index in [1.54, 1.807) is 17.8 Å². The highest BCUT2D eigenvalue weighted by molar-refractivity contribution is 5.94. The minimum Gasteiger partial charge on any atom is -0.346 e. The number of hydrogen-bond donors (Lipinski definition) is 3. The topological polar surface area (TPSA) is 102 Å². The first-order valence-corrected chi connectivity index (χ1v) is 6.88. The van der Waals surface area contributed by atoms with Gasteiger partial charge in [0.1, 0.15) is 5.82 Å². The highest BCUT2D eigenvalue weighted by Crippen LogP contribution is 2.24. The molecule has 2 amide bonds. The summed E-state index contributed by atoms with van der Waals surface area (Å²) in [5, 5.41) is 9.52. The van der Waals surface area contributed by atoms with E-state index in [1.165, 1.54) is 0 Å². The van der Waals surface area contributed by atoms with Gasteiger partial charge in [-0.2, -0.15) is 5.10 Å². The van der Waals surface area contributed by atoms with Crippen molar-refractivity contribution < 1.29 is 9.59 Å². The molecule has 0 aliphatic carbocycles. The summed E-state index contributed by atoms with van der Waals surface area (Å²) in [6.45, 7) is 1.74. The van der Waals surface area contributed by atoms with Gasteiger partial charge in [0.15, 0.2) is 0 Å². The van der Waals surface area contributed by atoms with Crippen LogP contribution in [-0.2, 0) is 16.6 Å². The average Bonchev–Trinajstić information content (AvgIpc) is 2.86. The van der Waals surface area contributed by atoms with E-state index in [0.717, 1.165) is 16.8 Å². The molecule has 7 nitrogen and oxygen atoms in total. The number of halogens is 1. The second-order valence-electron chi connectivity index (χ2n) is 4.88. The lowest BCUT2D eigenvalue weighted by Gasteiger charge is -2.05. The number of nitrogens with one attached hydrogen (secondary N) is 2. The Bertz CT molecular complexity index is 699. The molecule has 1 aromatic heterocycles. The van der Waals surface area contributed by atoms with E-state index in [2.05, 4.69) is 15.7 Å². The van der Waals surface area contributed by atoms with Gasteiger partial charge in [0, 0.05) is 18.7 Å². The molecular formula is C15H20ClN5O2. The highest BCUT2D eigenvalue weighted by Gasteiger charge is 2.11. The monoisotopic (exact) mass is 337 g/mol. The Hall–Kier alpha value is -2.38. The highest BCUT2D eigenvalue weighted by atomic mass is 35.5. The number of benzene rings is 1. The number of carbonyl (C=O) groups is 2. The van der Waals surface area contributed by atoms with Crippen molar-refractivity contribution in [1.29, 1.82) is 0 Å². The summed E-state index contributed by atoms with van der Waals surface area (Å²) in [4.78, 5) is 22.8. The Morgan fingerprint density at radius 2 is 1.96 bits per heavy atom. The Labute approximate surface area is 140 Å². The smallest absolute Gasteiger partial charge is 0.244 e. The fourth-order valence-electron chi connectivity index (χ4n) is 2.01. The molecule has 23 heavy (non-hydrogen) atoms. The molecule has 2 aromatic rings. The third-order valence-electron chi connectivity index (χ3n) is 3.20. The van der Waals surface area contributed by atoms with Crippen LogP contribution < -0.4 is 16.4 Å². The van der Waals surface area contributed by atoms with Gasteiger partial charge >= 0.3 is 0 Å². The quantitative estimate of drug-likeness (QED) is 0.752. The lowest BCUT2D eigenvalue weighted by atomic mass is 10.1. The standard InChI is InChI=1S/C15H19N5O2.ClH/c1-10-5-3-4-6-11(10)12-7-13(20(2)19-12)18-15(22)9-17-14(21)8-16;/h3-7H,8-9,16H2,1-2H3,(H,17,21)(H,18,22);1H. The molecule has 0 bridgehead atoms. The Morgan fingerprint density at radius 3 is 2.61 bits per heavy atom. The second-order valence-corrected chi connectivity index (χ2v) is 4.88. The molecule has 0 fully saturated rings. The summed E-state index contributed by atoms with van der Waals surface area (Å²) in [7, 11) is 1.75. The lowest BCUT2D eigenvalue weighted by molar-refractivity contribution is -0.123. The van der Waals surface area contributed by atoms with Gasteiger partial charge in [-0.1, -0.05) is 24.3 Å². The number of carbonyl (C=O) groups excluding carboxylic acids is 2. The molecule has 0 radical (unpaired) electrons. The average molecular weight is 338 g/mol. The molecule has 0 saturated carbocycles. The van der Waals surface area contributed by atoms with Crippen molar-refractivity contribution in [2.24, 2.45) is 12.8 Å². The van der Waals surface area contributed by atoms with Gasteiger partial charge in [-0.25, -0.2) is 0 Å². The summed E-state index contributed by atoms with van der Waals surface area (Å²) in [5.74, 6) is -0.146. The molecule has 124 valence electrons. The zero-order valence-corrected chi connectivity index (χ0v) is 13.8. The van der Waals surface area contributed by atoms with Crippen molar-refractivity contribution in [1.82, 2.24) is 15.1 Å². The van der Waals surface area contributed by atoms with E-state index in [1.807, 2.05) is 31.2 Å². The number of amides is 2. The van der Waals surface area contributed by atoms with Crippen LogP contribution in [0.2, 0.25) is 0 Å². The van der Waals surface area contributed by atoms with Crippen LogP contribution in [0.5, 0.6) is 0 Å². The molecule has 0 saturated heterocycles. The maximum absolute atomic E-state index is 11.8. The second kappa shape index (κ2) is 8.30. The first-order chi connectivity index (χ1) is 10.5. The Balaban J connectivity index is 0.00000264. The predicted octanol–water partition coefficient (Wildman–Crippen LogP) is 0.831. The Kier molecular flexibility index (Phi) is 6.74. The fraction of sp³-hybridized carbons (Fsp3) is 0.267. The normalized spacial score (nSPS) is 9.87. The maximum atomic E-state index is 11.8. The predicted molar refractivity (Wildman–Crippen MR) is 91.3 cm³/mol. The first-order valence-electron chi connectivity index (χ1n) is 6.88. The van der Waals surface area contributed by atoms with Crippen molar-refractivity contribution in [3.63, 3.8) is 0 Å². The van der Waals surface area contributed by atoms with Gasteiger partial charge in [0.05, 0.1) is 18.8 Å². The number of aromatic nitrogens is 2. The molecular weight excluding hydrogens is 318 g/mol. The number of anilines is 1. The van der Waals surface area contributed by atoms with Crippen LogP contribution in [0.1, 0.15) is 5.56 Å².